The molecule has 2 aliphatic heterocycles. The second-order valence-electron chi connectivity index (χ2n) is 10.7. The standard InChI is InChI=1S/C30H37BrN8/c1-22-25(32-11-14-37-12-5-6-13-37)19-24(10-9-23-7-3-2-4-8-23)20-26(22)38-15-17-39(18-16-38)30-27-28(31)35-36-29(27)33-21-34-30/h2-4,7-8,19-21,32H,5-6,9-18H2,1H3,(H,33,34,35,36). The lowest BCUT2D eigenvalue weighted by molar-refractivity contribution is 0.352. The largest absolute Gasteiger partial charge is 0.383 e. The van der Waals surface area contributed by atoms with Crippen molar-refractivity contribution in [2.75, 3.05) is 67.5 Å². The molecule has 0 spiro atoms. The summed E-state index contributed by atoms with van der Waals surface area (Å²) in [5.41, 5.74) is 7.51. The van der Waals surface area contributed by atoms with Crippen LogP contribution in [0.3, 0.4) is 0 Å². The van der Waals surface area contributed by atoms with E-state index in [-0.39, 0.29) is 0 Å². The third-order valence-corrected chi connectivity index (χ3v) is 8.71. The van der Waals surface area contributed by atoms with E-state index in [1.807, 2.05) is 0 Å². The zero-order valence-electron chi connectivity index (χ0n) is 22.7. The molecule has 0 unspecified atom stereocenters. The van der Waals surface area contributed by atoms with E-state index in [0.29, 0.717) is 0 Å². The smallest absolute Gasteiger partial charge is 0.161 e. The number of aromatic nitrogens is 4. The Labute approximate surface area is 238 Å². The Morgan fingerprint density at radius 2 is 1.64 bits per heavy atom. The van der Waals surface area contributed by atoms with E-state index in [0.717, 1.165) is 73.6 Å². The fraction of sp³-hybridized carbons (Fsp3) is 0.433. The third kappa shape index (κ3) is 5.89. The summed E-state index contributed by atoms with van der Waals surface area (Å²) in [7, 11) is 0. The molecule has 204 valence electrons. The van der Waals surface area contributed by atoms with Crippen LogP contribution < -0.4 is 15.1 Å². The van der Waals surface area contributed by atoms with Crippen LogP contribution in [0.4, 0.5) is 17.2 Å². The molecule has 2 aromatic carbocycles. The monoisotopic (exact) mass is 588 g/mol. The summed E-state index contributed by atoms with van der Waals surface area (Å²) < 4.78 is 0.766. The highest BCUT2D eigenvalue weighted by Crippen LogP contribution is 2.33. The summed E-state index contributed by atoms with van der Waals surface area (Å²) in [6, 6.07) is 15.6. The summed E-state index contributed by atoms with van der Waals surface area (Å²) in [4.78, 5) is 16.4. The molecule has 2 aliphatic rings. The number of aryl methyl sites for hydroxylation is 2. The highest BCUT2D eigenvalue weighted by atomic mass is 79.9. The van der Waals surface area contributed by atoms with E-state index < -0.39 is 0 Å². The number of hydrogen-bond donors (Lipinski definition) is 2. The number of rotatable bonds is 9. The molecule has 9 heteroatoms. The SMILES string of the molecule is Cc1c(NCCN2CCCC2)cc(CCc2ccccc2)cc1N1CCN(c2ncnc3[nH]nc(Br)c23)CC1. The summed E-state index contributed by atoms with van der Waals surface area (Å²) in [5, 5.41) is 12.0. The number of hydrogen-bond acceptors (Lipinski definition) is 7. The number of H-pyrrole nitrogens is 1. The van der Waals surface area contributed by atoms with Crippen LogP contribution in [0.15, 0.2) is 53.4 Å². The van der Waals surface area contributed by atoms with Crippen molar-refractivity contribution in [2.45, 2.75) is 32.6 Å². The van der Waals surface area contributed by atoms with Gasteiger partial charge in [0.25, 0.3) is 0 Å². The highest BCUT2D eigenvalue weighted by Gasteiger charge is 2.24. The number of fused-ring (bicyclic) bond motifs is 1. The van der Waals surface area contributed by atoms with Gasteiger partial charge in [-0.3, -0.25) is 5.10 Å². The number of nitrogens with zero attached hydrogens (tertiary/aromatic N) is 6. The maximum absolute atomic E-state index is 4.62. The van der Waals surface area contributed by atoms with E-state index in [9.17, 15) is 0 Å². The number of benzene rings is 2. The molecule has 0 saturated carbocycles. The van der Waals surface area contributed by atoms with Crippen molar-refractivity contribution in [1.29, 1.82) is 0 Å². The molecule has 2 saturated heterocycles. The van der Waals surface area contributed by atoms with Crippen LogP contribution in [0.2, 0.25) is 0 Å². The van der Waals surface area contributed by atoms with Crippen LogP contribution in [0, 0.1) is 6.92 Å². The first-order valence-electron chi connectivity index (χ1n) is 14.1. The summed E-state index contributed by atoms with van der Waals surface area (Å²) >= 11 is 3.56. The van der Waals surface area contributed by atoms with E-state index >= 15 is 0 Å². The van der Waals surface area contributed by atoms with Gasteiger partial charge in [0, 0.05) is 50.6 Å². The van der Waals surface area contributed by atoms with Crippen LogP contribution in [-0.4, -0.2) is 77.4 Å². The van der Waals surface area contributed by atoms with Gasteiger partial charge in [-0.15, -0.1) is 0 Å². The second-order valence-corrected chi connectivity index (χ2v) is 11.4. The number of likely N-dealkylation sites (tertiary alicyclic amines) is 1. The maximum Gasteiger partial charge on any atom is 0.161 e. The summed E-state index contributed by atoms with van der Waals surface area (Å²) in [6.45, 7) is 10.5. The lowest BCUT2D eigenvalue weighted by atomic mass is 10.00. The van der Waals surface area contributed by atoms with Gasteiger partial charge in [0.1, 0.15) is 16.7 Å². The van der Waals surface area contributed by atoms with Crippen LogP contribution in [0.5, 0.6) is 0 Å². The van der Waals surface area contributed by atoms with Gasteiger partial charge in [-0.2, -0.15) is 5.10 Å². The van der Waals surface area contributed by atoms with Gasteiger partial charge in [0.15, 0.2) is 5.65 Å². The number of nitrogens with one attached hydrogen (secondary N) is 2. The predicted molar refractivity (Wildman–Crippen MR) is 163 cm³/mol. The molecule has 4 heterocycles. The highest BCUT2D eigenvalue weighted by molar-refractivity contribution is 9.10. The molecule has 0 amide bonds. The van der Waals surface area contributed by atoms with Crippen molar-refractivity contribution in [3.8, 4) is 0 Å². The molecule has 0 radical (unpaired) electrons. The van der Waals surface area contributed by atoms with Gasteiger partial charge in [-0.1, -0.05) is 30.3 Å². The molecule has 2 fully saturated rings. The Kier molecular flexibility index (Phi) is 7.97. The van der Waals surface area contributed by atoms with Gasteiger partial charge in [0.05, 0.1) is 5.39 Å². The zero-order chi connectivity index (χ0) is 26.6. The van der Waals surface area contributed by atoms with Gasteiger partial charge in [-0.25, -0.2) is 9.97 Å². The minimum absolute atomic E-state index is 0.765. The Hall–Kier alpha value is -3.17. The Balaban J connectivity index is 1.20. The Morgan fingerprint density at radius 1 is 0.897 bits per heavy atom. The number of piperazine rings is 1. The van der Waals surface area contributed by atoms with Gasteiger partial charge in [-0.05, 0) is 90.4 Å². The van der Waals surface area contributed by atoms with Crippen molar-refractivity contribution >= 4 is 44.2 Å². The van der Waals surface area contributed by atoms with Crippen LogP contribution in [-0.2, 0) is 12.8 Å². The van der Waals surface area contributed by atoms with E-state index in [2.05, 4.69) is 106 Å². The van der Waals surface area contributed by atoms with Crippen molar-refractivity contribution in [3.05, 3.63) is 70.1 Å². The van der Waals surface area contributed by atoms with E-state index in [1.54, 1.807) is 6.33 Å². The first kappa shape index (κ1) is 26.1. The summed E-state index contributed by atoms with van der Waals surface area (Å²) in [5.74, 6) is 0.942. The molecule has 0 aliphatic carbocycles. The average Bonchev–Trinajstić information content (AvgIpc) is 3.64. The molecule has 2 aromatic heterocycles. The van der Waals surface area contributed by atoms with Crippen LogP contribution in [0.25, 0.3) is 11.0 Å². The fourth-order valence-corrected chi connectivity index (χ4v) is 6.36. The third-order valence-electron chi connectivity index (χ3n) is 8.14. The molecule has 4 aromatic rings. The van der Waals surface area contributed by atoms with Gasteiger partial charge < -0.3 is 20.0 Å². The van der Waals surface area contributed by atoms with E-state index in [4.69, 9.17) is 0 Å². The van der Waals surface area contributed by atoms with Crippen LogP contribution in [0.1, 0.15) is 29.5 Å². The lowest BCUT2D eigenvalue weighted by Crippen LogP contribution is -2.47. The molecular formula is C30H37BrN8. The van der Waals surface area contributed by atoms with Gasteiger partial charge >= 0.3 is 0 Å². The lowest BCUT2D eigenvalue weighted by Gasteiger charge is -2.38. The minimum Gasteiger partial charge on any atom is -0.383 e. The zero-order valence-corrected chi connectivity index (χ0v) is 24.3. The first-order valence-corrected chi connectivity index (χ1v) is 14.9. The second kappa shape index (κ2) is 11.9. The van der Waals surface area contributed by atoms with Crippen molar-refractivity contribution in [3.63, 3.8) is 0 Å². The predicted octanol–water partition coefficient (Wildman–Crippen LogP) is 5.04. The molecular weight excluding hydrogens is 552 g/mol. The van der Waals surface area contributed by atoms with Crippen molar-refractivity contribution in [2.24, 2.45) is 0 Å². The number of halogens is 1. The number of anilines is 3. The first-order chi connectivity index (χ1) is 19.2. The average molecular weight is 590 g/mol. The molecule has 0 atom stereocenters. The minimum atomic E-state index is 0.765. The van der Waals surface area contributed by atoms with Gasteiger partial charge in [0.2, 0.25) is 0 Å². The number of aromatic amines is 1. The molecule has 39 heavy (non-hydrogen) atoms. The quantitative estimate of drug-likeness (QED) is 0.283. The van der Waals surface area contributed by atoms with Crippen molar-refractivity contribution in [1.82, 2.24) is 25.1 Å². The molecule has 2 N–H and O–H groups in total. The fourth-order valence-electron chi connectivity index (χ4n) is 5.91. The molecule has 8 nitrogen and oxygen atoms in total. The Morgan fingerprint density at radius 3 is 2.44 bits per heavy atom. The topological polar surface area (TPSA) is 76.2 Å². The normalized spacial score (nSPS) is 16.4. The molecule has 6 rings (SSSR count). The van der Waals surface area contributed by atoms with Crippen molar-refractivity contribution < 1.29 is 0 Å². The van der Waals surface area contributed by atoms with Crippen LogP contribution >= 0.6 is 15.9 Å². The Bertz CT molecular complexity index is 1390. The maximum atomic E-state index is 4.62. The van der Waals surface area contributed by atoms with E-state index in [1.165, 1.54) is 54.0 Å². The summed E-state index contributed by atoms with van der Waals surface area (Å²) in [6.07, 6.45) is 6.37. The molecule has 0 bridgehead atoms.